The first-order valence-corrected chi connectivity index (χ1v) is 6.87. The van der Waals surface area contributed by atoms with Crippen LogP contribution >= 0.6 is 0 Å². The van der Waals surface area contributed by atoms with E-state index in [0.29, 0.717) is 12.2 Å². The van der Waals surface area contributed by atoms with Crippen molar-refractivity contribution in [2.75, 3.05) is 0 Å². The summed E-state index contributed by atoms with van der Waals surface area (Å²) < 4.78 is 0. The molecule has 0 amide bonds. The highest BCUT2D eigenvalue weighted by molar-refractivity contribution is 5.92. The number of H-pyrrole nitrogens is 1. The predicted octanol–water partition coefficient (Wildman–Crippen LogP) is 4.12. The fourth-order valence-corrected chi connectivity index (χ4v) is 1.96. The molecule has 0 saturated carbocycles. The summed E-state index contributed by atoms with van der Waals surface area (Å²) in [5.74, 6) is 0.647. The van der Waals surface area contributed by atoms with Gasteiger partial charge in [-0.15, -0.1) is 0 Å². The second-order valence-corrected chi connectivity index (χ2v) is 4.59. The highest BCUT2D eigenvalue weighted by Crippen LogP contribution is 2.10. The minimum atomic E-state index is 0.140. The van der Waals surface area contributed by atoms with E-state index in [4.69, 9.17) is 0 Å². The molecule has 1 N–H and O–H groups in total. The van der Waals surface area contributed by atoms with E-state index >= 15 is 0 Å². The quantitative estimate of drug-likeness (QED) is 0.490. The largest absolute Gasteiger partial charge is 0.342 e. The molecule has 96 valence electrons. The number of Topliss-reactive ketones (excluding diaryl/α,β-unsaturated/α-hetero) is 1. The van der Waals surface area contributed by atoms with Crippen LogP contribution in [0.1, 0.15) is 75.3 Å². The van der Waals surface area contributed by atoms with Crippen molar-refractivity contribution in [1.82, 2.24) is 9.97 Å². The van der Waals surface area contributed by atoms with E-state index in [-0.39, 0.29) is 5.78 Å². The van der Waals surface area contributed by atoms with Crippen molar-refractivity contribution in [3.63, 3.8) is 0 Å². The van der Waals surface area contributed by atoms with Crippen molar-refractivity contribution in [1.29, 1.82) is 0 Å². The van der Waals surface area contributed by atoms with Gasteiger partial charge in [0, 0.05) is 18.8 Å². The summed E-state index contributed by atoms with van der Waals surface area (Å²) in [5.41, 5.74) is 0. The lowest BCUT2D eigenvalue weighted by molar-refractivity contribution is 0.0970. The Bertz CT molecular complexity index is 293. The third-order valence-electron chi connectivity index (χ3n) is 3.02. The molecule has 1 rings (SSSR count). The molecule has 17 heavy (non-hydrogen) atoms. The Kier molecular flexibility index (Phi) is 7.35. The normalized spacial score (nSPS) is 10.6. The molecule has 0 atom stereocenters. The Morgan fingerprint density at radius 1 is 1.12 bits per heavy atom. The number of nitrogens with one attached hydrogen (secondary N) is 1. The molecular weight excluding hydrogens is 212 g/mol. The zero-order chi connectivity index (χ0) is 12.3. The van der Waals surface area contributed by atoms with Crippen LogP contribution in [0.3, 0.4) is 0 Å². The molecule has 0 aliphatic rings. The molecule has 0 bridgehead atoms. The zero-order valence-corrected chi connectivity index (χ0v) is 10.9. The first-order chi connectivity index (χ1) is 8.34. The van der Waals surface area contributed by atoms with E-state index in [0.717, 1.165) is 6.42 Å². The molecular formula is C14H24N2O. The average molecular weight is 236 g/mol. The smallest absolute Gasteiger partial charge is 0.198 e. The summed E-state index contributed by atoms with van der Waals surface area (Å²) in [6.45, 7) is 2.24. The Morgan fingerprint density at radius 2 is 1.76 bits per heavy atom. The summed E-state index contributed by atoms with van der Waals surface area (Å²) in [5, 5.41) is 0. The van der Waals surface area contributed by atoms with Crippen molar-refractivity contribution in [2.24, 2.45) is 0 Å². The molecule has 1 heterocycles. The Labute approximate surface area is 104 Å². The maximum absolute atomic E-state index is 11.6. The van der Waals surface area contributed by atoms with Gasteiger partial charge in [0.1, 0.15) is 0 Å². The fraction of sp³-hybridized carbons (Fsp3) is 0.714. The number of carbonyl (C=O) groups is 1. The van der Waals surface area contributed by atoms with Crippen molar-refractivity contribution in [3.8, 4) is 0 Å². The summed E-state index contributed by atoms with van der Waals surface area (Å²) >= 11 is 0. The topological polar surface area (TPSA) is 45.8 Å². The van der Waals surface area contributed by atoms with Gasteiger partial charge in [0.05, 0.1) is 0 Å². The van der Waals surface area contributed by atoms with Crippen LogP contribution in [0.15, 0.2) is 12.4 Å². The molecule has 1 aromatic heterocycles. The van der Waals surface area contributed by atoms with Crippen LogP contribution in [-0.2, 0) is 0 Å². The monoisotopic (exact) mass is 236 g/mol. The van der Waals surface area contributed by atoms with Gasteiger partial charge in [0.25, 0.3) is 0 Å². The van der Waals surface area contributed by atoms with Crippen molar-refractivity contribution in [3.05, 3.63) is 18.2 Å². The molecule has 0 saturated heterocycles. The molecule has 0 aliphatic heterocycles. The van der Waals surface area contributed by atoms with Crippen LogP contribution < -0.4 is 0 Å². The van der Waals surface area contributed by atoms with Crippen molar-refractivity contribution in [2.45, 2.75) is 64.7 Å². The minimum absolute atomic E-state index is 0.140. The lowest BCUT2D eigenvalue weighted by atomic mass is 10.1. The molecule has 3 nitrogen and oxygen atoms in total. The van der Waals surface area contributed by atoms with E-state index in [2.05, 4.69) is 16.9 Å². The average Bonchev–Trinajstić information content (AvgIpc) is 2.86. The fourth-order valence-electron chi connectivity index (χ4n) is 1.96. The maximum Gasteiger partial charge on any atom is 0.198 e. The van der Waals surface area contributed by atoms with Crippen LogP contribution in [-0.4, -0.2) is 15.8 Å². The molecule has 0 aliphatic carbocycles. The summed E-state index contributed by atoms with van der Waals surface area (Å²) in [6, 6.07) is 0. The second-order valence-electron chi connectivity index (χ2n) is 4.59. The van der Waals surface area contributed by atoms with Gasteiger partial charge in [0.15, 0.2) is 11.6 Å². The van der Waals surface area contributed by atoms with Crippen LogP contribution in [0.5, 0.6) is 0 Å². The number of carbonyl (C=O) groups excluding carboxylic acids is 1. The van der Waals surface area contributed by atoms with Crippen LogP contribution in [0.2, 0.25) is 0 Å². The molecule has 0 radical (unpaired) electrons. The molecule has 0 unspecified atom stereocenters. The number of unbranched alkanes of at least 4 members (excludes halogenated alkanes) is 7. The number of aromatic nitrogens is 2. The van der Waals surface area contributed by atoms with Crippen LogP contribution in [0, 0.1) is 0 Å². The predicted molar refractivity (Wildman–Crippen MR) is 70.1 cm³/mol. The Morgan fingerprint density at radius 3 is 2.35 bits per heavy atom. The summed E-state index contributed by atoms with van der Waals surface area (Å²) in [7, 11) is 0. The lowest BCUT2D eigenvalue weighted by Gasteiger charge is -2.00. The van der Waals surface area contributed by atoms with E-state index in [1.165, 1.54) is 44.9 Å². The van der Waals surface area contributed by atoms with E-state index in [1.807, 2.05) is 0 Å². The molecule has 1 aromatic rings. The first kappa shape index (κ1) is 13.9. The van der Waals surface area contributed by atoms with Gasteiger partial charge >= 0.3 is 0 Å². The second kappa shape index (κ2) is 8.97. The summed E-state index contributed by atoms with van der Waals surface area (Å²) in [4.78, 5) is 18.4. The van der Waals surface area contributed by atoms with Gasteiger partial charge < -0.3 is 4.98 Å². The maximum atomic E-state index is 11.6. The Balaban J connectivity index is 1.92. The Hall–Kier alpha value is -1.12. The molecule has 3 heteroatoms. The third kappa shape index (κ3) is 6.25. The molecule has 0 aromatic carbocycles. The van der Waals surface area contributed by atoms with E-state index < -0.39 is 0 Å². The highest BCUT2D eigenvalue weighted by Gasteiger charge is 2.06. The van der Waals surface area contributed by atoms with Crippen molar-refractivity contribution < 1.29 is 4.79 Å². The van der Waals surface area contributed by atoms with Gasteiger partial charge in [-0.05, 0) is 6.42 Å². The van der Waals surface area contributed by atoms with Gasteiger partial charge in [-0.1, -0.05) is 51.9 Å². The first-order valence-electron chi connectivity index (χ1n) is 6.87. The standard InChI is InChI=1S/C14H24N2O/c1-2-3-4-5-6-7-8-9-10-13(17)14-15-11-12-16-14/h11-12H,2-10H2,1H3,(H,15,16). The third-order valence-corrected chi connectivity index (χ3v) is 3.02. The lowest BCUT2D eigenvalue weighted by Crippen LogP contribution is -2.01. The molecule has 0 spiro atoms. The van der Waals surface area contributed by atoms with Gasteiger partial charge in [0.2, 0.25) is 0 Å². The molecule has 0 fully saturated rings. The summed E-state index contributed by atoms with van der Waals surface area (Å²) in [6.07, 6.45) is 14.1. The van der Waals surface area contributed by atoms with Gasteiger partial charge in [-0.2, -0.15) is 0 Å². The number of ketones is 1. The van der Waals surface area contributed by atoms with Crippen molar-refractivity contribution >= 4 is 5.78 Å². The van der Waals surface area contributed by atoms with E-state index in [1.54, 1.807) is 12.4 Å². The van der Waals surface area contributed by atoms with Crippen LogP contribution in [0.25, 0.3) is 0 Å². The van der Waals surface area contributed by atoms with E-state index in [9.17, 15) is 4.79 Å². The van der Waals surface area contributed by atoms with Gasteiger partial charge in [-0.25, -0.2) is 4.98 Å². The number of imidazole rings is 1. The minimum Gasteiger partial charge on any atom is -0.342 e. The van der Waals surface area contributed by atoms with Crippen LogP contribution in [0.4, 0.5) is 0 Å². The number of nitrogens with zero attached hydrogens (tertiary/aromatic N) is 1. The number of rotatable bonds is 10. The van der Waals surface area contributed by atoms with Gasteiger partial charge in [-0.3, -0.25) is 4.79 Å². The highest BCUT2D eigenvalue weighted by atomic mass is 16.1. The zero-order valence-electron chi connectivity index (χ0n) is 10.9. The SMILES string of the molecule is CCCCCCCCCCC(=O)c1ncc[nH]1. The number of hydrogen-bond donors (Lipinski definition) is 1. The number of hydrogen-bond acceptors (Lipinski definition) is 2. The number of aromatic amines is 1.